The molecule has 0 aromatic carbocycles. The monoisotopic (exact) mass is 660 g/mol. The van der Waals surface area contributed by atoms with Crippen LogP contribution in [0.15, 0.2) is 131 Å². The Morgan fingerprint density at radius 3 is 2.41 bits per heavy atom. The molecule has 0 spiro atoms. The van der Waals surface area contributed by atoms with Gasteiger partial charge in [-0.3, -0.25) is 9.59 Å². The third-order valence-electron chi connectivity index (χ3n) is 10.3. The molecule has 0 radical (unpaired) electrons. The van der Waals surface area contributed by atoms with Gasteiger partial charge in [0.25, 0.3) is 0 Å². The summed E-state index contributed by atoms with van der Waals surface area (Å²) < 4.78 is 10.7. The van der Waals surface area contributed by atoms with Crippen LogP contribution in [0.5, 0.6) is 0 Å². The smallest absolute Gasteiger partial charge is 0.321 e. The van der Waals surface area contributed by atoms with Gasteiger partial charge in [-0.1, -0.05) is 32.1 Å². The van der Waals surface area contributed by atoms with Gasteiger partial charge in [0.1, 0.15) is 18.3 Å². The van der Waals surface area contributed by atoms with E-state index in [4.69, 9.17) is 24.5 Å². The number of aliphatic hydroxyl groups is 1. The van der Waals surface area contributed by atoms with Crippen molar-refractivity contribution in [2.24, 2.45) is 32.7 Å². The molecule has 8 bridgehead atoms. The zero-order valence-corrected chi connectivity index (χ0v) is 29.6. The van der Waals surface area contributed by atoms with Gasteiger partial charge in [0, 0.05) is 46.4 Å². The SMILES string of the molecule is C=CC1=C(C)C2=NC1=CC1=NC(=CC3=C(C)C4=C(O)C(C(=O)OC)C(=C5NC(=C2)[C@@H](C)[C@@H]5CCC(=O)OCC=C(C)C)C4=N3)C(CC)=C1C. The molecular formula is C40H44N4O5. The van der Waals surface area contributed by atoms with E-state index in [1.54, 1.807) is 0 Å². The lowest BCUT2D eigenvalue weighted by molar-refractivity contribution is -0.144. The topological polar surface area (TPSA) is 122 Å². The van der Waals surface area contributed by atoms with Crippen LogP contribution in [0.1, 0.15) is 67.7 Å². The van der Waals surface area contributed by atoms with E-state index in [9.17, 15) is 14.7 Å². The van der Waals surface area contributed by atoms with Gasteiger partial charge in [0.05, 0.1) is 41.3 Å². The average molecular weight is 661 g/mol. The minimum absolute atomic E-state index is 0.0907. The maximum atomic E-state index is 13.4. The highest BCUT2D eigenvalue weighted by atomic mass is 16.5. The molecule has 0 aromatic rings. The second-order valence-corrected chi connectivity index (χ2v) is 13.4. The van der Waals surface area contributed by atoms with Gasteiger partial charge < -0.3 is 19.9 Å². The van der Waals surface area contributed by atoms with E-state index in [1.165, 1.54) is 7.11 Å². The number of fused-ring (bicyclic) bond motifs is 5. The summed E-state index contributed by atoms with van der Waals surface area (Å²) in [5, 5.41) is 15.4. The third-order valence-corrected chi connectivity index (χ3v) is 10.3. The van der Waals surface area contributed by atoms with E-state index < -0.39 is 11.9 Å². The largest absolute Gasteiger partial charge is 0.510 e. The van der Waals surface area contributed by atoms with E-state index in [0.29, 0.717) is 29.0 Å². The van der Waals surface area contributed by atoms with Crippen LogP contribution in [-0.2, 0) is 19.1 Å². The van der Waals surface area contributed by atoms with Gasteiger partial charge in [-0.15, -0.1) is 0 Å². The lowest BCUT2D eigenvalue weighted by atomic mass is 9.84. The number of esters is 2. The zero-order chi connectivity index (χ0) is 35.3. The highest BCUT2D eigenvalue weighted by Crippen LogP contribution is 2.49. The van der Waals surface area contributed by atoms with Gasteiger partial charge >= 0.3 is 11.9 Å². The van der Waals surface area contributed by atoms with Crippen molar-refractivity contribution in [1.29, 1.82) is 0 Å². The fraction of sp³-hybridized carbons (Fsp3) is 0.375. The van der Waals surface area contributed by atoms with Crippen LogP contribution in [0.2, 0.25) is 0 Å². The predicted molar refractivity (Wildman–Crippen MR) is 193 cm³/mol. The molecule has 5 aliphatic heterocycles. The summed E-state index contributed by atoms with van der Waals surface area (Å²) >= 11 is 0. The number of ether oxygens (including phenoxy) is 2. The Balaban J connectivity index is 1.57. The summed E-state index contributed by atoms with van der Waals surface area (Å²) in [7, 11) is 1.32. The van der Waals surface area contributed by atoms with Crippen molar-refractivity contribution in [2.75, 3.05) is 13.7 Å². The van der Waals surface area contributed by atoms with E-state index in [0.717, 1.165) is 74.1 Å². The number of carbonyl (C=O) groups is 2. The lowest BCUT2D eigenvalue weighted by Gasteiger charge is -2.20. The Kier molecular flexibility index (Phi) is 9.05. The molecule has 49 heavy (non-hydrogen) atoms. The van der Waals surface area contributed by atoms with Crippen molar-refractivity contribution in [3.05, 3.63) is 116 Å². The Morgan fingerprint density at radius 2 is 1.73 bits per heavy atom. The molecule has 0 aromatic heterocycles. The van der Waals surface area contributed by atoms with E-state index >= 15 is 0 Å². The van der Waals surface area contributed by atoms with Crippen LogP contribution < -0.4 is 5.32 Å². The molecule has 1 saturated heterocycles. The molecule has 254 valence electrons. The molecule has 6 rings (SSSR count). The lowest BCUT2D eigenvalue weighted by Crippen LogP contribution is -2.25. The number of methoxy groups -OCH3 is 1. The number of aliphatic imine (C=N–C) groups is 3. The quantitative estimate of drug-likeness (QED) is 0.205. The molecule has 1 unspecified atom stereocenters. The summed E-state index contributed by atoms with van der Waals surface area (Å²) in [6.45, 7) is 18.4. The van der Waals surface area contributed by atoms with Crippen LogP contribution in [0, 0.1) is 17.8 Å². The van der Waals surface area contributed by atoms with Crippen LogP contribution in [0.25, 0.3) is 0 Å². The number of carbonyl (C=O) groups excluding carboxylic acids is 2. The Bertz CT molecular complexity index is 1980. The van der Waals surface area contributed by atoms with Crippen LogP contribution in [-0.4, -0.2) is 47.9 Å². The molecule has 5 heterocycles. The Morgan fingerprint density at radius 1 is 1.02 bits per heavy atom. The average Bonchev–Trinajstić information content (AvgIpc) is 3.80. The normalized spacial score (nSPS) is 24.0. The summed E-state index contributed by atoms with van der Waals surface area (Å²) in [6.07, 6.45) is 11.1. The Hall–Kier alpha value is -5.05. The minimum Gasteiger partial charge on any atom is -0.510 e. The predicted octanol–water partition coefficient (Wildman–Crippen LogP) is 7.53. The molecule has 9 heteroatoms. The molecule has 1 aliphatic carbocycles. The number of hydrogen-bond donors (Lipinski definition) is 2. The number of aliphatic hydroxyl groups excluding tert-OH is 1. The number of allylic oxidation sites excluding steroid dienone is 12. The van der Waals surface area contributed by atoms with Gasteiger partial charge in [0.15, 0.2) is 0 Å². The molecule has 0 amide bonds. The van der Waals surface area contributed by atoms with Crippen LogP contribution in [0.3, 0.4) is 0 Å². The first kappa shape index (κ1) is 33.8. The van der Waals surface area contributed by atoms with Crippen LogP contribution >= 0.6 is 0 Å². The highest BCUT2D eigenvalue weighted by Gasteiger charge is 2.49. The third kappa shape index (κ3) is 5.75. The molecule has 0 saturated carbocycles. The molecule has 3 atom stereocenters. The number of nitrogens with one attached hydrogen (secondary N) is 1. The van der Waals surface area contributed by atoms with E-state index in [-0.39, 0.29) is 36.6 Å². The van der Waals surface area contributed by atoms with Crippen LogP contribution in [0.4, 0.5) is 0 Å². The molecule has 9 nitrogen and oxygen atoms in total. The van der Waals surface area contributed by atoms with E-state index in [2.05, 4.69) is 32.7 Å². The fourth-order valence-electron chi connectivity index (χ4n) is 7.42. The van der Waals surface area contributed by atoms with E-state index in [1.807, 2.05) is 58.1 Å². The highest BCUT2D eigenvalue weighted by molar-refractivity contribution is 6.24. The first-order valence-electron chi connectivity index (χ1n) is 16.9. The summed E-state index contributed by atoms with van der Waals surface area (Å²) in [5.74, 6) is -2.37. The molecule has 6 aliphatic rings. The minimum atomic E-state index is -1.07. The van der Waals surface area contributed by atoms with Crippen molar-refractivity contribution in [2.45, 2.75) is 67.7 Å². The maximum Gasteiger partial charge on any atom is 0.321 e. The van der Waals surface area contributed by atoms with Gasteiger partial charge in [-0.05, 0) is 94.1 Å². The van der Waals surface area contributed by atoms with Gasteiger partial charge in [-0.2, -0.15) is 0 Å². The molecule has 2 N–H and O–H groups in total. The molecular weight excluding hydrogens is 616 g/mol. The van der Waals surface area contributed by atoms with Crippen molar-refractivity contribution in [1.82, 2.24) is 5.32 Å². The second kappa shape index (κ2) is 13.1. The first-order chi connectivity index (χ1) is 23.4. The number of nitrogens with zero attached hydrogens (tertiary/aromatic N) is 3. The standard InChI is InChI=1S/C40H44N4O5/c1-10-24-20(5)27-16-29-22(7)26(12-13-33(45)49-15-14-19(3)4)37(43-29)35-36(40(47)48-9)39(46)34-23(8)30(44-38(34)35)18-32-25(11-2)21(6)28(42-32)17-31(24)41-27/h10,14,16-18,22,26,36,43,46H,1,11-13,15H2,2-9H3/t22-,26-,36?/m0/s1. The fourth-order valence-corrected chi connectivity index (χ4v) is 7.42. The van der Waals surface area contributed by atoms with Crippen molar-refractivity contribution in [3.8, 4) is 0 Å². The summed E-state index contributed by atoms with van der Waals surface area (Å²) in [5.41, 5.74) is 13.0. The second-order valence-electron chi connectivity index (χ2n) is 13.4. The maximum absolute atomic E-state index is 13.4. The van der Waals surface area contributed by atoms with Crippen molar-refractivity contribution in [3.63, 3.8) is 0 Å². The summed E-state index contributed by atoms with van der Waals surface area (Å²) in [4.78, 5) is 41.5. The first-order valence-corrected chi connectivity index (χ1v) is 16.9. The Labute approximate surface area is 288 Å². The number of rotatable bonds is 8. The number of hydrogen-bond acceptors (Lipinski definition) is 9. The summed E-state index contributed by atoms with van der Waals surface area (Å²) in [6, 6.07) is 0. The van der Waals surface area contributed by atoms with Crippen molar-refractivity contribution >= 4 is 29.1 Å². The zero-order valence-electron chi connectivity index (χ0n) is 29.6. The van der Waals surface area contributed by atoms with Gasteiger partial charge in [-0.25, -0.2) is 15.0 Å². The molecule has 1 fully saturated rings. The van der Waals surface area contributed by atoms with Gasteiger partial charge in [0.2, 0.25) is 0 Å². The van der Waals surface area contributed by atoms with Crippen molar-refractivity contribution < 1.29 is 24.2 Å².